The number of nitrogens with one attached hydrogen (secondary N) is 1. The number of hydrazone groups is 1. The lowest BCUT2D eigenvalue weighted by atomic mass is 10.2. The van der Waals surface area contributed by atoms with Gasteiger partial charge in [0.25, 0.3) is 10.0 Å². The summed E-state index contributed by atoms with van der Waals surface area (Å²) < 4.78 is 27.9. The lowest BCUT2D eigenvalue weighted by molar-refractivity contribution is 0.598. The Hall–Kier alpha value is -1.89. The second kappa shape index (κ2) is 5.62. The molecule has 0 saturated carbocycles. The Morgan fingerprint density at radius 2 is 2.00 bits per heavy atom. The maximum atomic E-state index is 12.1. The molecule has 20 heavy (non-hydrogen) atoms. The monoisotopic (exact) mass is 307 g/mol. The molecule has 1 aromatic rings. The number of nitrogens with zero attached hydrogens (tertiary/aromatic N) is 3. The first-order chi connectivity index (χ1) is 9.47. The molecule has 104 valence electrons. The minimum absolute atomic E-state index is 0.0441. The minimum atomic E-state index is -3.86. The van der Waals surface area contributed by atoms with Crippen molar-refractivity contribution in [2.45, 2.75) is 11.8 Å². The first kappa shape index (κ1) is 14.5. The predicted molar refractivity (Wildman–Crippen MR) is 81.8 cm³/mol. The van der Waals surface area contributed by atoms with E-state index in [0.717, 1.165) is 5.56 Å². The maximum Gasteiger partial charge on any atom is 0.284 e. The van der Waals surface area contributed by atoms with Crippen molar-refractivity contribution in [1.29, 1.82) is 0 Å². The lowest BCUT2D eigenvalue weighted by Gasteiger charge is -2.02. The molecular formula is C12H11N4O2S2-. The van der Waals surface area contributed by atoms with Crippen molar-refractivity contribution in [1.82, 2.24) is 5.43 Å². The lowest BCUT2D eigenvalue weighted by Crippen LogP contribution is -2.17. The number of hydrogen-bond acceptors (Lipinski definition) is 4. The van der Waals surface area contributed by atoms with Crippen LogP contribution in [0.1, 0.15) is 5.56 Å². The van der Waals surface area contributed by atoms with E-state index < -0.39 is 10.0 Å². The SMILES string of the molecule is CSC1=NNC(=NS(=O)(=O)c2ccc(C)cc2)C1=C=[N-]. The molecular weight excluding hydrogens is 296 g/mol. The van der Waals surface area contributed by atoms with Gasteiger partial charge in [0.05, 0.1) is 10.5 Å². The molecule has 0 aromatic heterocycles. The Morgan fingerprint density at radius 3 is 2.55 bits per heavy atom. The normalized spacial score (nSPS) is 16.8. The zero-order chi connectivity index (χ0) is 14.8. The Bertz CT molecular complexity index is 742. The molecule has 2 rings (SSSR count). The number of rotatable bonds is 2. The van der Waals surface area contributed by atoms with Gasteiger partial charge in [-0.05, 0) is 25.3 Å². The Balaban J connectivity index is 2.41. The number of thioether (sulfide) groups is 1. The average Bonchev–Trinajstić information content (AvgIpc) is 2.80. The van der Waals surface area contributed by atoms with Gasteiger partial charge in [0, 0.05) is 0 Å². The highest BCUT2D eigenvalue weighted by molar-refractivity contribution is 8.14. The van der Waals surface area contributed by atoms with Crippen molar-refractivity contribution in [3.8, 4) is 0 Å². The topological polar surface area (TPSA) is 93.2 Å². The standard InChI is InChI=1S/C12H11N4O2S2/c1-8-3-5-9(6-4-8)20(17,18)16-11-10(7-13)12(19-2)15-14-11/h3-6H,1-2H3,(H,14,16)/q-1. The molecule has 0 saturated heterocycles. The van der Waals surface area contributed by atoms with Crippen LogP contribution in [0.4, 0.5) is 0 Å². The van der Waals surface area contributed by atoms with E-state index >= 15 is 0 Å². The van der Waals surface area contributed by atoms with Gasteiger partial charge in [-0.25, -0.2) is 0 Å². The first-order valence-electron chi connectivity index (χ1n) is 5.55. The summed E-state index contributed by atoms with van der Waals surface area (Å²) >= 11 is 1.24. The summed E-state index contributed by atoms with van der Waals surface area (Å²) in [5, 5.41) is 13.3. The van der Waals surface area contributed by atoms with Gasteiger partial charge in [0.2, 0.25) is 0 Å². The van der Waals surface area contributed by atoms with Crippen molar-refractivity contribution >= 4 is 38.5 Å². The number of amidine groups is 1. The van der Waals surface area contributed by atoms with Crippen molar-refractivity contribution in [3.63, 3.8) is 0 Å². The van der Waals surface area contributed by atoms with Gasteiger partial charge in [-0.2, -0.15) is 13.5 Å². The number of benzene rings is 1. The van der Waals surface area contributed by atoms with Gasteiger partial charge in [-0.1, -0.05) is 17.7 Å². The van der Waals surface area contributed by atoms with E-state index in [1.165, 1.54) is 23.9 Å². The summed E-state index contributed by atoms with van der Waals surface area (Å²) in [5.41, 5.74) is 3.56. The molecule has 0 radical (unpaired) electrons. The molecule has 1 heterocycles. The fraction of sp³-hybridized carbons (Fsp3) is 0.167. The highest BCUT2D eigenvalue weighted by atomic mass is 32.2. The zero-order valence-corrected chi connectivity index (χ0v) is 12.4. The van der Waals surface area contributed by atoms with Crippen molar-refractivity contribution in [2.24, 2.45) is 9.50 Å². The molecule has 8 heteroatoms. The third-order valence-corrected chi connectivity index (χ3v) is 4.52. The smallest absolute Gasteiger partial charge is 0.284 e. The zero-order valence-electron chi connectivity index (χ0n) is 10.8. The van der Waals surface area contributed by atoms with Crippen molar-refractivity contribution < 1.29 is 8.42 Å². The largest absolute Gasteiger partial charge is 0.763 e. The van der Waals surface area contributed by atoms with Crippen LogP contribution in [-0.4, -0.2) is 31.4 Å². The quantitative estimate of drug-likeness (QED) is 0.838. The van der Waals surface area contributed by atoms with E-state index in [4.69, 9.17) is 5.41 Å². The van der Waals surface area contributed by atoms with Gasteiger partial charge in [-0.15, -0.1) is 16.2 Å². The molecule has 0 fully saturated rings. The summed E-state index contributed by atoms with van der Waals surface area (Å²) in [5.74, 6) is 1.86. The summed E-state index contributed by atoms with van der Waals surface area (Å²) in [6.07, 6.45) is 1.75. The predicted octanol–water partition coefficient (Wildman–Crippen LogP) is 1.53. The number of sulfonamides is 1. The molecule has 0 atom stereocenters. The summed E-state index contributed by atoms with van der Waals surface area (Å²) in [7, 11) is -3.86. The fourth-order valence-corrected chi connectivity index (χ4v) is 2.96. The van der Waals surface area contributed by atoms with Gasteiger partial charge in [-0.3, -0.25) is 11.3 Å². The van der Waals surface area contributed by atoms with E-state index in [2.05, 4.69) is 14.9 Å². The van der Waals surface area contributed by atoms with Gasteiger partial charge >= 0.3 is 0 Å². The van der Waals surface area contributed by atoms with E-state index in [0.29, 0.717) is 5.04 Å². The van der Waals surface area contributed by atoms with Crippen LogP contribution >= 0.6 is 11.8 Å². The molecule has 1 aliphatic rings. The van der Waals surface area contributed by atoms with Crippen molar-refractivity contribution in [2.75, 3.05) is 6.26 Å². The van der Waals surface area contributed by atoms with Crippen LogP contribution in [0.3, 0.4) is 0 Å². The summed E-state index contributed by atoms with van der Waals surface area (Å²) in [6, 6.07) is 6.33. The number of aryl methyl sites for hydroxylation is 1. The van der Waals surface area contributed by atoms with Crippen LogP contribution in [-0.2, 0) is 10.0 Å². The molecule has 1 aromatic carbocycles. The second-order valence-electron chi connectivity index (χ2n) is 3.95. The number of hydrogen-bond donors (Lipinski definition) is 1. The molecule has 0 unspecified atom stereocenters. The van der Waals surface area contributed by atoms with Crippen LogP contribution in [0, 0.1) is 6.92 Å². The molecule has 6 nitrogen and oxygen atoms in total. The van der Waals surface area contributed by atoms with Gasteiger partial charge in [0.1, 0.15) is 5.04 Å². The first-order valence-corrected chi connectivity index (χ1v) is 8.21. The molecule has 0 bridgehead atoms. The highest BCUT2D eigenvalue weighted by Crippen LogP contribution is 2.18. The van der Waals surface area contributed by atoms with Crippen LogP contribution < -0.4 is 5.43 Å². The van der Waals surface area contributed by atoms with Crippen LogP contribution in [0.2, 0.25) is 0 Å². The van der Waals surface area contributed by atoms with Gasteiger partial charge in [0.15, 0.2) is 5.84 Å². The minimum Gasteiger partial charge on any atom is -0.763 e. The van der Waals surface area contributed by atoms with Gasteiger partial charge < -0.3 is 5.41 Å². The fourth-order valence-electron chi connectivity index (χ4n) is 1.51. The molecule has 1 aliphatic heterocycles. The summed E-state index contributed by atoms with van der Waals surface area (Å²) in [4.78, 5) is 0.0762. The Kier molecular flexibility index (Phi) is 4.08. The van der Waals surface area contributed by atoms with E-state index in [1.54, 1.807) is 18.4 Å². The molecule has 0 spiro atoms. The highest BCUT2D eigenvalue weighted by Gasteiger charge is 2.22. The average molecular weight is 307 g/mol. The third kappa shape index (κ3) is 2.82. The summed E-state index contributed by atoms with van der Waals surface area (Å²) in [6.45, 7) is 1.86. The molecule has 0 aliphatic carbocycles. The molecule has 1 N–H and O–H groups in total. The van der Waals surface area contributed by atoms with Crippen LogP contribution in [0.25, 0.3) is 5.41 Å². The van der Waals surface area contributed by atoms with Crippen LogP contribution in [0.15, 0.2) is 44.2 Å². The Labute approximate surface area is 121 Å². The van der Waals surface area contributed by atoms with E-state index in [9.17, 15) is 8.42 Å². The Morgan fingerprint density at radius 1 is 1.35 bits per heavy atom. The van der Waals surface area contributed by atoms with E-state index in [1.807, 2.05) is 12.8 Å². The second-order valence-corrected chi connectivity index (χ2v) is 6.35. The maximum absolute atomic E-state index is 12.1. The third-order valence-electron chi connectivity index (χ3n) is 2.55. The molecule has 0 amide bonds. The van der Waals surface area contributed by atoms with Crippen molar-refractivity contribution in [3.05, 3.63) is 40.8 Å². The van der Waals surface area contributed by atoms with Crippen LogP contribution in [0.5, 0.6) is 0 Å². The van der Waals surface area contributed by atoms with E-state index in [-0.39, 0.29) is 16.3 Å².